The molecular formula is C36H32O8. The number of rotatable bonds is 2. The molecule has 4 atom stereocenters. The minimum atomic E-state index is -1.57. The average molecular weight is 593 g/mol. The summed E-state index contributed by atoms with van der Waals surface area (Å²) < 4.78 is 19.5. The number of aromatic hydroxyl groups is 5. The molecule has 0 amide bonds. The molecule has 1 aromatic heterocycles. The second-order valence-electron chi connectivity index (χ2n) is 11.4. The molecule has 8 nitrogen and oxygen atoms in total. The van der Waals surface area contributed by atoms with Gasteiger partial charge in [0.05, 0.1) is 11.5 Å². The first-order chi connectivity index (χ1) is 21.2. The third kappa shape index (κ3) is 4.05. The van der Waals surface area contributed by atoms with Gasteiger partial charge in [0.2, 0.25) is 0 Å². The van der Waals surface area contributed by atoms with Gasteiger partial charge in [0.15, 0.2) is 0 Å². The average Bonchev–Trinajstić information content (AvgIpc) is 3.40. The fraction of sp³-hybridized carbons (Fsp3) is 0.222. The number of phenolic OH excluding ortho intramolecular Hbond substituents is 5. The summed E-state index contributed by atoms with van der Waals surface area (Å²) in [5.41, 5.74) is 3.98. The van der Waals surface area contributed by atoms with Crippen molar-refractivity contribution in [2.24, 2.45) is 5.92 Å². The van der Waals surface area contributed by atoms with Gasteiger partial charge in [0.1, 0.15) is 51.6 Å². The van der Waals surface area contributed by atoms with E-state index in [0.717, 1.165) is 16.5 Å². The van der Waals surface area contributed by atoms with E-state index < -0.39 is 11.7 Å². The van der Waals surface area contributed by atoms with Gasteiger partial charge in [-0.1, -0.05) is 31.6 Å². The normalized spacial score (nSPS) is 22.7. The monoisotopic (exact) mass is 592 g/mol. The summed E-state index contributed by atoms with van der Waals surface area (Å²) in [4.78, 5) is 0. The van der Waals surface area contributed by atoms with Crippen LogP contribution in [0.3, 0.4) is 0 Å². The second kappa shape index (κ2) is 9.91. The number of benzene rings is 4. The Hall–Kier alpha value is -5.24. The van der Waals surface area contributed by atoms with Crippen molar-refractivity contribution in [1.29, 1.82) is 0 Å². The Morgan fingerprint density at radius 1 is 0.727 bits per heavy atom. The first kappa shape index (κ1) is 27.6. The lowest BCUT2D eigenvalue weighted by molar-refractivity contribution is -0.198. The summed E-state index contributed by atoms with van der Waals surface area (Å²) in [5.74, 6) is -1.40. The summed E-state index contributed by atoms with van der Waals surface area (Å²) in [6, 6.07) is 19.4. The quantitative estimate of drug-likeness (QED) is 0.130. The molecule has 0 fully saturated rings. The molecule has 0 radical (unpaired) electrons. The maximum absolute atomic E-state index is 11.5. The van der Waals surface area contributed by atoms with Gasteiger partial charge >= 0.3 is 0 Å². The van der Waals surface area contributed by atoms with Crippen LogP contribution >= 0.6 is 0 Å². The van der Waals surface area contributed by atoms with E-state index in [9.17, 15) is 25.5 Å². The molecule has 5 N–H and O–H groups in total. The van der Waals surface area contributed by atoms with Crippen LogP contribution in [0, 0.1) is 5.92 Å². The summed E-state index contributed by atoms with van der Waals surface area (Å²) >= 11 is 0. The topological polar surface area (TPSA) is 133 Å². The van der Waals surface area contributed by atoms with Crippen LogP contribution in [-0.2, 0) is 5.79 Å². The van der Waals surface area contributed by atoms with Crippen molar-refractivity contribution in [3.63, 3.8) is 0 Å². The van der Waals surface area contributed by atoms with Gasteiger partial charge in [-0.25, -0.2) is 0 Å². The summed E-state index contributed by atoms with van der Waals surface area (Å²) in [7, 11) is 0. The van der Waals surface area contributed by atoms with Crippen LogP contribution in [0.2, 0.25) is 0 Å². The van der Waals surface area contributed by atoms with Gasteiger partial charge < -0.3 is 39.4 Å². The molecule has 0 saturated heterocycles. The Morgan fingerprint density at radius 2 is 1.43 bits per heavy atom. The van der Waals surface area contributed by atoms with Crippen molar-refractivity contribution in [1.82, 2.24) is 0 Å². The molecule has 0 bridgehead atoms. The van der Waals surface area contributed by atoms with Gasteiger partial charge in [0, 0.05) is 46.5 Å². The Balaban J connectivity index is 0.00000153. The molecule has 5 aromatic rings. The molecule has 1 aliphatic carbocycles. The standard InChI is InChI=1S/C34H26O8.C2H6/c1-16-8-23-22-6-4-21(37)15-30(22)41-34(25-7-5-19(35)13-26(25)38)33(23)24(9-16)32-27(39)10-18(12-31(32)42-34)28-11-17-2-3-20(36)14-29(17)40-28;1-2/h2-7,9-15,23-24,33,35-39H,8H2,1H3;1-2H3/t23?,24?,33-,34+;/m1./s1. The van der Waals surface area contributed by atoms with E-state index in [2.05, 4.69) is 13.0 Å². The van der Waals surface area contributed by atoms with E-state index in [1.54, 1.807) is 42.5 Å². The van der Waals surface area contributed by atoms with Crippen LogP contribution < -0.4 is 9.47 Å². The zero-order valence-corrected chi connectivity index (χ0v) is 24.4. The van der Waals surface area contributed by atoms with E-state index in [1.807, 2.05) is 26.0 Å². The molecule has 2 unspecified atom stereocenters. The smallest absolute Gasteiger partial charge is 0.285 e. The van der Waals surface area contributed by atoms with Crippen molar-refractivity contribution in [3.8, 4) is 51.6 Å². The first-order valence-electron chi connectivity index (χ1n) is 14.7. The lowest BCUT2D eigenvalue weighted by Crippen LogP contribution is -2.56. The predicted molar refractivity (Wildman–Crippen MR) is 164 cm³/mol. The third-order valence-electron chi connectivity index (χ3n) is 8.78. The van der Waals surface area contributed by atoms with E-state index in [4.69, 9.17) is 13.9 Å². The van der Waals surface area contributed by atoms with Crippen LogP contribution in [0.25, 0.3) is 22.3 Å². The number of furan rings is 1. The van der Waals surface area contributed by atoms with Gasteiger partial charge in [-0.2, -0.15) is 0 Å². The van der Waals surface area contributed by atoms with Gasteiger partial charge in [0.25, 0.3) is 5.79 Å². The molecule has 224 valence electrons. The zero-order chi connectivity index (χ0) is 30.9. The maximum Gasteiger partial charge on any atom is 0.285 e. The fourth-order valence-electron chi connectivity index (χ4n) is 7.11. The van der Waals surface area contributed by atoms with Crippen LogP contribution in [0.15, 0.2) is 88.9 Å². The highest BCUT2D eigenvalue weighted by molar-refractivity contribution is 5.84. The Bertz CT molecular complexity index is 1970. The zero-order valence-electron chi connectivity index (χ0n) is 24.4. The second-order valence-corrected chi connectivity index (χ2v) is 11.4. The molecule has 2 aliphatic heterocycles. The largest absolute Gasteiger partial charge is 0.508 e. The minimum Gasteiger partial charge on any atom is -0.508 e. The first-order valence-corrected chi connectivity index (χ1v) is 14.7. The number of hydrogen-bond acceptors (Lipinski definition) is 8. The Labute approximate surface area is 253 Å². The summed E-state index contributed by atoms with van der Waals surface area (Å²) in [6.07, 6.45) is 2.80. The van der Waals surface area contributed by atoms with E-state index in [-0.39, 0.29) is 40.6 Å². The fourth-order valence-corrected chi connectivity index (χ4v) is 7.11. The van der Waals surface area contributed by atoms with Crippen LogP contribution in [0.5, 0.6) is 40.2 Å². The number of phenols is 5. The highest BCUT2D eigenvalue weighted by Crippen LogP contribution is 2.65. The lowest BCUT2D eigenvalue weighted by atomic mass is 9.61. The molecule has 3 aliphatic rings. The number of fused-ring (bicyclic) bond motifs is 5. The molecule has 8 heteroatoms. The minimum absolute atomic E-state index is 0.0283. The summed E-state index contributed by atoms with van der Waals surface area (Å²) in [6.45, 7) is 6.05. The van der Waals surface area contributed by atoms with Crippen molar-refractivity contribution in [2.45, 2.75) is 44.8 Å². The van der Waals surface area contributed by atoms with Crippen molar-refractivity contribution in [2.75, 3.05) is 0 Å². The van der Waals surface area contributed by atoms with E-state index in [0.29, 0.717) is 46.0 Å². The van der Waals surface area contributed by atoms with Gasteiger partial charge in [-0.3, -0.25) is 0 Å². The number of allylic oxidation sites excluding steroid dienone is 2. The third-order valence-corrected chi connectivity index (χ3v) is 8.78. The molecule has 44 heavy (non-hydrogen) atoms. The summed E-state index contributed by atoms with van der Waals surface area (Å²) in [5, 5.41) is 53.9. The maximum atomic E-state index is 11.5. The van der Waals surface area contributed by atoms with Crippen LogP contribution in [0.1, 0.15) is 55.7 Å². The molecule has 0 saturated carbocycles. The van der Waals surface area contributed by atoms with E-state index in [1.165, 1.54) is 18.2 Å². The Morgan fingerprint density at radius 3 is 2.23 bits per heavy atom. The molecular weight excluding hydrogens is 560 g/mol. The van der Waals surface area contributed by atoms with Gasteiger partial charge in [-0.05, 0) is 67.4 Å². The molecule has 0 spiro atoms. The van der Waals surface area contributed by atoms with Crippen LogP contribution in [-0.4, -0.2) is 25.5 Å². The Kier molecular flexibility index (Phi) is 6.21. The van der Waals surface area contributed by atoms with Crippen molar-refractivity contribution >= 4 is 11.0 Å². The highest BCUT2D eigenvalue weighted by Gasteiger charge is 2.61. The van der Waals surface area contributed by atoms with Gasteiger partial charge in [-0.15, -0.1) is 0 Å². The number of hydrogen-bond donors (Lipinski definition) is 5. The van der Waals surface area contributed by atoms with Crippen LogP contribution in [0.4, 0.5) is 0 Å². The number of ether oxygens (including phenoxy) is 2. The van der Waals surface area contributed by atoms with E-state index >= 15 is 0 Å². The lowest BCUT2D eigenvalue weighted by Gasteiger charge is -2.55. The molecule has 4 aromatic carbocycles. The highest BCUT2D eigenvalue weighted by atomic mass is 16.7. The predicted octanol–water partition coefficient (Wildman–Crippen LogP) is 8.13. The van der Waals surface area contributed by atoms with Crippen molar-refractivity contribution in [3.05, 3.63) is 101 Å². The SMILES string of the molecule is CC.CC1=CC2c3c(O)cc(-c4cc5ccc(O)cc5o4)cc3O[C@]3(c4ccc(O)cc4O)Oc4cc(O)ccc4C(C1)[C@H]23. The molecule has 3 heterocycles. The van der Waals surface area contributed by atoms with Crippen molar-refractivity contribution < 1.29 is 39.4 Å². The molecule has 8 rings (SSSR count).